The van der Waals surface area contributed by atoms with Gasteiger partial charge in [0.15, 0.2) is 0 Å². The second-order valence-corrected chi connectivity index (χ2v) is 10.2. The molecular weight excluding hydrogens is 476 g/mol. The SMILES string of the molecule is C=C[C@H]1C[N@]2CC[C@H]1C[C@@H]2[C@@H](O)c1ccnc2ccc(OC)cc12.O=S(=O)(O)OS(=O)(=O)O. The lowest BCUT2D eigenvalue weighted by Crippen LogP contribution is -2.54. The van der Waals surface area contributed by atoms with E-state index in [1.165, 1.54) is 6.42 Å². The molecule has 5 atom stereocenters. The van der Waals surface area contributed by atoms with Gasteiger partial charge >= 0.3 is 20.8 Å². The number of rotatable bonds is 6. The van der Waals surface area contributed by atoms with Gasteiger partial charge in [-0.2, -0.15) is 16.8 Å². The third-order valence-corrected chi connectivity index (χ3v) is 7.37. The quantitative estimate of drug-likeness (QED) is 0.389. The fourth-order valence-corrected chi connectivity index (χ4v) is 5.42. The summed E-state index contributed by atoms with van der Waals surface area (Å²) < 4.78 is 60.9. The molecule has 1 aromatic carbocycles. The minimum absolute atomic E-state index is 0.178. The first-order chi connectivity index (χ1) is 15.4. The number of aliphatic hydroxyl groups is 1. The van der Waals surface area contributed by atoms with Crippen molar-refractivity contribution >= 4 is 31.7 Å². The van der Waals surface area contributed by atoms with Crippen LogP contribution in [0.5, 0.6) is 5.75 Å². The molecule has 0 amide bonds. The van der Waals surface area contributed by atoms with Crippen LogP contribution in [0.4, 0.5) is 0 Å². The van der Waals surface area contributed by atoms with Gasteiger partial charge < -0.3 is 9.84 Å². The van der Waals surface area contributed by atoms with Crippen LogP contribution in [0.1, 0.15) is 24.5 Å². The summed E-state index contributed by atoms with van der Waals surface area (Å²) in [6, 6.07) is 7.96. The molecule has 1 aromatic heterocycles. The van der Waals surface area contributed by atoms with Gasteiger partial charge in [0.1, 0.15) is 5.75 Å². The molecule has 0 aliphatic carbocycles. The van der Waals surface area contributed by atoms with Gasteiger partial charge in [0.05, 0.1) is 18.7 Å². The van der Waals surface area contributed by atoms with Gasteiger partial charge in [-0.1, -0.05) is 6.08 Å². The highest BCUT2D eigenvalue weighted by molar-refractivity contribution is 7.94. The summed E-state index contributed by atoms with van der Waals surface area (Å²) in [5, 5.41) is 12.1. The van der Waals surface area contributed by atoms with Crippen molar-refractivity contribution in [1.82, 2.24) is 9.88 Å². The van der Waals surface area contributed by atoms with E-state index >= 15 is 0 Å². The number of methoxy groups -OCH3 is 1. The van der Waals surface area contributed by atoms with E-state index in [9.17, 15) is 21.9 Å². The molecule has 0 unspecified atom stereocenters. The van der Waals surface area contributed by atoms with Crippen LogP contribution in [0.25, 0.3) is 10.9 Å². The Morgan fingerprint density at radius 1 is 1.21 bits per heavy atom. The number of hydrogen-bond acceptors (Lipinski definition) is 9. The van der Waals surface area contributed by atoms with Crippen LogP contribution in [0, 0.1) is 11.8 Å². The van der Waals surface area contributed by atoms with E-state index in [0.29, 0.717) is 11.8 Å². The molecule has 0 radical (unpaired) electrons. The predicted molar refractivity (Wildman–Crippen MR) is 119 cm³/mol. The van der Waals surface area contributed by atoms with E-state index in [1.54, 1.807) is 13.3 Å². The average Bonchev–Trinajstić information content (AvgIpc) is 2.75. The normalized spacial score (nSPS) is 25.7. The predicted octanol–water partition coefficient (Wildman–Crippen LogP) is 1.78. The number of ether oxygens (including phenoxy) is 1. The molecule has 4 heterocycles. The Hall–Kier alpha value is -2.13. The number of aromatic nitrogens is 1. The number of nitrogens with zero attached hydrogens (tertiary/aromatic N) is 2. The second kappa shape index (κ2) is 10.0. The number of piperidine rings is 3. The first kappa shape index (κ1) is 25.5. The smallest absolute Gasteiger partial charge is 0.413 e. The summed E-state index contributed by atoms with van der Waals surface area (Å²) in [6.07, 6.45) is 5.62. The van der Waals surface area contributed by atoms with Crippen molar-refractivity contribution in [3.63, 3.8) is 0 Å². The first-order valence-corrected chi connectivity index (χ1v) is 12.8. The molecular formula is C20H26N2O9S2. The van der Waals surface area contributed by atoms with E-state index in [0.717, 1.165) is 41.7 Å². The van der Waals surface area contributed by atoms with Crippen molar-refractivity contribution < 1.29 is 39.4 Å². The highest BCUT2D eigenvalue weighted by atomic mass is 32.3. The van der Waals surface area contributed by atoms with E-state index < -0.39 is 26.9 Å². The Bertz CT molecular complexity index is 1190. The average molecular weight is 503 g/mol. The number of fused-ring (bicyclic) bond motifs is 4. The maximum absolute atomic E-state index is 11.2. The van der Waals surface area contributed by atoms with Gasteiger partial charge in [-0.25, -0.2) is 0 Å². The van der Waals surface area contributed by atoms with Gasteiger partial charge in [-0.3, -0.25) is 19.0 Å². The maximum atomic E-state index is 11.2. The lowest BCUT2D eigenvalue weighted by atomic mass is 9.73. The number of pyridine rings is 1. The van der Waals surface area contributed by atoms with Crippen LogP contribution >= 0.6 is 0 Å². The third kappa shape index (κ3) is 6.47. The van der Waals surface area contributed by atoms with Gasteiger partial charge in [0, 0.05) is 24.2 Å². The minimum atomic E-state index is -5.12. The van der Waals surface area contributed by atoms with Crippen LogP contribution in [-0.4, -0.2) is 67.2 Å². The number of benzene rings is 1. The van der Waals surface area contributed by atoms with Gasteiger partial charge in [0.25, 0.3) is 0 Å². The van der Waals surface area contributed by atoms with Crippen molar-refractivity contribution in [2.75, 3.05) is 20.2 Å². The molecule has 0 spiro atoms. The summed E-state index contributed by atoms with van der Waals surface area (Å²) in [7, 11) is -8.58. The first-order valence-electron chi connectivity index (χ1n) is 10.0. The Balaban J connectivity index is 0.000000292. The van der Waals surface area contributed by atoms with Crippen LogP contribution in [-0.2, 0) is 24.4 Å². The van der Waals surface area contributed by atoms with Crippen LogP contribution in [0.15, 0.2) is 43.1 Å². The van der Waals surface area contributed by atoms with E-state index in [2.05, 4.69) is 26.2 Å². The third-order valence-electron chi connectivity index (χ3n) is 5.99. The summed E-state index contributed by atoms with van der Waals surface area (Å²) in [5.74, 6) is 2.01. The summed E-state index contributed by atoms with van der Waals surface area (Å²) in [4.78, 5) is 6.86. The zero-order chi connectivity index (χ0) is 24.4. The van der Waals surface area contributed by atoms with Crippen molar-refractivity contribution in [1.29, 1.82) is 0 Å². The number of aliphatic hydroxyl groups excluding tert-OH is 1. The molecule has 2 aromatic rings. The molecule has 3 fully saturated rings. The summed E-state index contributed by atoms with van der Waals surface area (Å²) in [6.45, 7) is 6.07. The Kier molecular flexibility index (Phi) is 7.73. The largest absolute Gasteiger partial charge is 0.497 e. The Labute approximate surface area is 192 Å². The van der Waals surface area contributed by atoms with Gasteiger partial charge in [0.2, 0.25) is 0 Å². The fourth-order valence-electron chi connectivity index (χ4n) is 4.55. The Morgan fingerprint density at radius 2 is 1.91 bits per heavy atom. The maximum Gasteiger partial charge on any atom is 0.413 e. The molecule has 3 N–H and O–H groups in total. The minimum Gasteiger partial charge on any atom is -0.497 e. The van der Waals surface area contributed by atoms with Crippen molar-refractivity contribution in [2.24, 2.45) is 11.8 Å². The van der Waals surface area contributed by atoms with Crippen molar-refractivity contribution in [3.05, 3.63) is 48.7 Å². The van der Waals surface area contributed by atoms with E-state index in [1.807, 2.05) is 24.3 Å². The topological polar surface area (TPSA) is 164 Å². The zero-order valence-electron chi connectivity index (χ0n) is 17.8. The lowest BCUT2D eigenvalue weighted by molar-refractivity contribution is -0.0444. The number of hydrogen-bond donors (Lipinski definition) is 3. The highest BCUT2D eigenvalue weighted by Crippen LogP contribution is 2.42. The zero-order valence-corrected chi connectivity index (χ0v) is 19.4. The lowest BCUT2D eigenvalue weighted by Gasteiger charge is -2.50. The van der Waals surface area contributed by atoms with Gasteiger partial charge in [-0.05, 0) is 61.1 Å². The van der Waals surface area contributed by atoms with Gasteiger partial charge in [-0.15, -0.1) is 10.2 Å². The highest BCUT2D eigenvalue weighted by Gasteiger charge is 2.42. The standard InChI is InChI=1S/C20H24N2O2.H2O7S2/c1-3-13-12-22-9-7-14(13)10-19(22)20(23)16-6-8-21-18-5-4-15(24-2)11-17(16)18;1-8(2,3)7-9(4,5)6/h3-6,8,11,13-14,19-20,23H,1,7,9-10,12H2,2H3;(H,1,2,3)(H,4,5,6)/t13-,14-,19+,20-;/m0./s1. The molecule has 13 heteroatoms. The molecule has 3 aliphatic rings. The van der Waals surface area contributed by atoms with Crippen molar-refractivity contribution in [2.45, 2.75) is 25.0 Å². The van der Waals surface area contributed by atoms with E-state index in [4.69, 9.17) is 13.8 Å². The molecule has 182 valence electrons. The molecule has 5 rings (SSSR count). The van der Waals surface area contributed by atoms with Crippen LogP contribution in [0.3, 0.4) is 0 Å². The summed E-state index contributed by atoms with van der Waals surface area (Å²) >= 11 is 0. The van der Waals surface area contributed by atoms with Crippen LogP contribution in [0.2, 0.25) is 0 Å². The Morgan fingerprint density at radius 3 is 2.42 bits per heavy atom. The van der Waals surface area contributed by atoms with E-state index in [-0.39, 0.29) is 6.04 Å². The molecule has 0 saturated carbocycles. The molecule has 2 bridgehead atoms. The molecule has 3 saturated heterocycles. The fraction of sp³-hybridized carbons (Fsp3) is 0.450. The molecule has 3 aliphatic heterocycles. The molecule has 11 nitrogen and oxygen atoms in total. The second-order valence-electron chi connectivity index (χ2n) is 7.90. The molecule has 33 heavy (non-hydrogen) atoms. The summed E-state index contributed by atoms with van der Waals surface area (Å²) in [5.41, 5.74) is 1.85. The van der Waals surface area contributed by atoms with Crippen molar-refractivity contribution in [3.8, 4) is 5.75 Å². The monoisotopic (exact) mass is 502 g/mol. The van der Waals surface area contributed by atoms with Crippen LogP contribution < -0.4 is 4.74 Å².